The first-order chi connectivity index (χ1) is 15.5. The van der Waals surface area contributed by atoms with E-state index in [1.807, 2.05) is 55.5 Å². The van der Waals surface area contributed by atoms with Gasteiger partial charge >= 0.3 is 11.9 Å². The maximum atomic E-state index is 12.9. The van der Waals surface area contributed by atoms with Crippen molar-refractivity contribution in [1.29, 1.82) is 0 Å². The number of esters is 2. The monoisotopic (exact) mass is 451 g/mol. The topological polar surface area (TPSA) is 74.2 Å². The lowest BCUT2D eigenvalue weighted by atomic mass is 9.76. The van der Waals surface area contributed by atoms with Crippen molar-refractivity contribution < 1.29 is 23.8 Å². The zero-order valence-electron chi connectivity index (χ0n) is 18.3. The number of benzene rings is 2. The summed E-state index contributed by atoms with van der Waals surface area (Å²) in [4.78, 5) is 31.1. The number of hydrogen-bond donors (Lipinski definition) is 0. The Morgan fingerprint density at radius 1 is 1.19 bits per heavy atom. The number of carbonyl (C=O) groups is 2. The van der Waals surface area contributed by atoms with Crippen molar-refractivity contribution in [3.8, 4) is 5.75 Å². The molecule has 32 heavy (non-hydrogen) atoms. The van der Waals surface area contributed by atoms with E-state index in [1.54, 1.807) is 25.8 Å². The molecular weight excluding hydrogens is 426 g/mol. The fourth-order valence-electron chi connectivity index (χ4n) is 4.12. The van der Waals surface area contributed by atoms with Gasteiger partial charge in [-0.05, 0) is 43.2 Å². The fourth-order valence-corrected chi connectivity index (χ4v) is 5.17. The maximum Gasteiger partial charge on any atom is 0.337 e. The van der Waals surface area contributed by atoms with Crippen molar-refractivity contribution >= 4 is 29.4 Å². The summed E-state index contributed by atoms with van der Waals surface area (Å²) < 4.78 is 15.9. The normalized spacial score (nSPS) is 19.8. The molecular formula is C25H25NO5S. The molecule has 0 aromatic heterocycles. The highest BCUT2D eigenvalue weighted by Crippen LogP contribution is 2.45. The lowest BCUT2D eigenvalue weighted by Crippen LogP contribution is -2.35. The van der Waals surface area contributed by atoms with Gasteiger partial charge in [-0.25, -0.2) is 4.79 Å². The molecule has 0 radical (unpaired) electrons. The minimum Gasteiger partial charge on any atom is -0.497 e. The van der Waals surface area contributed by atoms with Gasteiger partial charge in [-0.3, -0.25) is 9.79 Å². The van der Waals surface area contributed by atoms with Gasteiger partial charge in [0.1, 0.15) is 18.3 Å². The summed E-state index contributed by atoms with van der Waals surface area (Å²) in [6, 6.07) is 15.8. The lowest BCUT2D eigenvalue weighted by molar-refractivity contribution is -0.146. The minimum atomic E-state index is -0.665. The molecule has 2 aliphatic heterocycles. The largest absolute Gasteiger partial charge is 0.497 e. The van der Waals surface area contributed by atoms with Crippen LogP contribution < -0.4 is 4.74 Å². The van der Waals surface area contributed by atoms with Gasteiger partial charge < -0.3 is 14.2 Å². The number of ether oxygens (including phenoxy) is 3. The highest BCUT2D eigenvalue weighted by atomic mass is 32.2. The highest BCUT2D eigenvalue weighted by Gasteiger charge is 2.46. The van der Waals surface area contributed by atoms with Crippen LogP contribution in [0.3, 0.4) is 0 Å². The SMILES string of the molecule is CCOC(=O)C1C(C)=NC2=C(C(=O)OC2)C1c1ccccc1SCc1ccc(OC)cc1. The summed E-state index contributed by atoms with van der Waals surface area (Å²) in [6.45, 7) is 3.99. The standard InChI is InChI=1S/C25H25NO5S/c1-4-30-24(27)21-15(2)26-19-13-31-25(28)23(19)22(21)18-7-5-6-8-20(18)32-14-16-9-11-17(29-3)12-10-16/h5-12,21-22H,4,13-14H2,1-3H3. The Morgan fingerprint density at radius 2 is 1.94 bits per heavy atom. The van der Waals surface area contributed by atoms with E-state index < -0.39 is 17.8 Å². The zero-order chi connectivity index (χ0) is 22.7. The predicted molar refractivity (Wildman–Crippen MR) is 123 cm³/mol. The van der Waals surface area contributed by atoms with Crippen molar-refractivity contribution in [1.82, 2.24) is 0 Å². The maximum absolute atomic E-state index is 12.9. The number of cyclic esters (lactones) is 1. The van der Waals surface area contributed by atoms with E-state index in [-0.39, 0.29) is 19.2 Å². The molecule has 4 rings (SSSR count). The van der Waals surface area contributed by atoms with E-state index >= 15 is 0 Å². The van der Waals surface area contributed by atoms with Gasteiger partial charge in [0.05, 0.1) is 25.0 Å². The second-order valence-corrected chi connectivity index (χ2v) is 8.59. The first-order valence-corrected chi connectivity index (χ1v) is 11.5. The predicted octanol–water partition coefficient (Wildman–Crippen LogP) is 4.54. The van der Waals surface area contributed by atoms with Crippen LogP contribution >= 0.6 is 11.8 Å². The first kappa shape index (κ1) is 22.1. The Hall–Kier alpha value is -3.06. The fraction of sp³-hybridized carbons (Fsp3) is 0.320. The number of rotatable bonds is 7. The summed E-state index contributed by atoms with van der Waals surface area (Å²) in [6.07, 6.45) is 0. The van der Waals surface area contributed by atoms with Crippen molar-refractivity contribution in [3.63, 3.8) is 0 Å². The quantitative estimate of drug-likeness (QED) is 0.455. The van der Waals surface area contributed by atoms with Gasteiger partial charge in [0.15, 0.2) is 0 Å². The molecule has 2 aliphatic rings. The number of nitrogens with zero attached hydrogens (tertiary/aromatic N) is 1. The van der Waals surface area contributed by atoms with Crippen LogP contribution in [0.2, 0.25) is 0 Å². The number of aliphatic imine (C=N–C) groups is 1. The second-order valence-electron chi connectivity index (χ2n) is 7.57. The number of thioether (sulfide) groups is 1. The number of methoxy groups -OCH3 is 1. The van der Waals surface area contributed by atoms with Crippen LogP contribution in [0.15, 0.2) is 69.7 Å². The first-order valence-electron chi connectivity index (χ1n) is 10.5. The van der Waals surface area contributed by atoms with E-state index in [0.29, 0.717) is 17.0 Å². The lowest BCUT2D eigenvalue weighted by Gasteiger charge is -2.30. The molecule has 2 atom stereocenters. The molecule has 2 aromatic rings. The van der Waals surface area contributed by atoms with Crippen molar-refractivity contribution in [2.24, 2.45) is 10.9 Å². The summed E-state index contributed by atoms with van der Waals surface area (Å²) in [5, 5.41) is 0. The zero-order valence-corrected chi connectivity index (χ0v) is 19.1. The molecule has 0 saturated heterocycles. The summed E-state index contributed by atoms with van der Waals surface area (Å²) in [7, 11) is 1.65. The molecule has 2 aromatic carbocycles. The minimum absolute atomic E-state index is 0.138. The Labute approximate surface area is 191 Å². The van der Waals surface area contributed by atoms with Gasteiger partial charge in [0, 0.05) is 22.3 Å². The van der Waals surface area contributed by atoms with Crippen LogP contribution in [0.1, 0.15) is 30.9 Å². The number of carbonyl (C=O) groups excluding carboxylic acids is 2. The molecule has 166 valence electrons. The Balaban J connectivity index is 1.70. The molecule has 7 heteroatoms. The molecule has 0 fully saturated rings. The van der Waals surface area contributed by atoms with Gasteiger partial charge in [0.25, 0.3) is 0 Å². The van der Waals surface area contributed by atoms with Crippen LogP contribution in [0.5, 0.6) is 5.75 Å². The Bertz CT molecular complexity index is 1090. The molecule has 0 saturated carbocycles. The third-order valence-corrected chi connectivity index (χ3v) is 6.78. The summed E-state index contributed by atoms with van der Waals surface area (Å²) in [5.41, 5.74) is 3.76. The van der Waals surface area contributed by atoms with Crippen molar-refractivity contribution in [3.05, 3.63) is 70.9 Å². The molecule has 2 heterocycles. The molecule has 0 bridgehead atoms. The summed E-state index contributed by atoms with van der Waals surface area (Å²) in [5.74, 6) is -0.391. The molecule has 6 nitrogen and oxygen atoms in total. The molecule has 0 amide bonds. The highest BCUT2D eigenvalue weighted by molar-refractivity contribution is 7.98. The van der Waals surface area contributed by atoms with E-state index in [9.17, 15) is 9.59 Å². The average Bonchev–Trinajstić information content (AvgIpc) is 3.17. The molecule has 0 aliphatic carbocycles. The van der Waals surface area contributed by atoms with Crippen LogP contribution in [0, 0.1) is 5.92 Å². The van der Waals surface area contributed by atoms with E-state index in [0.717, 1.165) is 27.5 Å². The third kappa shape index (κ3) is 4.30. The molecule has 0 spiro atoms. The van der Waals surface area contributed by atoms with Crippen LogP contribution in [0.4, 0.5) is 0 Å². The second kappa shape index (κ2) is 9.61. The van der Waals surface area contributed by atoms with Gasteiger partial charge in [-0.15, -0.1) is 11.8 Å². The van der Waals surface area contributed by atoms with E-state index in [2.05, 4.69) is 4.99 Å². The van der Waals surface area contributed by atoms with Crippen molar-refractivity contribution in [2.45, 2.75) is 30.4 Å². The van der Waals surface area contributed by atoms with Crippen LogP contribution in [-0.2, 0) is 24.8 Å². The average molecular weight is 452 g/mol. The smallest absolute Gasteiger partial charge is 0.337 e. The van der Waals surface area contributed by atoms with Gasteiger partial charge in [-0.2, -0.15) is 0 Å². The van der Waals surface area contributed by atoms with Gasteiger partial charge in [0.2, 0.25) is 0 Å². The van der Waals surface area contributed by atoms with Crippen molar-refractivity contribution in [2.75, 3.05) is 20.3 Å². The van der Waals surface area contributed by atoms with E-state index in [1.165, 1.54) is 0 Å². The Morgan fingerprint density at radius 3 is 2.66 bits per heavy atom. The van der Waals surface area contributed by atoms with E-state index in [4.69, 9.17) is 14.2 Å². The number of hydrogen-bond acceptors (Lipinski definition) is 7. The van der Waals surface area contributed by atoms with Crippen LogP contribution in [0.25, 0.3) is 0 Å². The third-order valence-electron chi connectivity index (χ3n) is 5.62. The summed E-state index contributed by atoms with van der Waals surface area (Å²) >= 11 is 1.66. The Kier molecular flexibility index (Phi) is 6.65. The van der Waals surface area contributed by atoms with Gasteiger partial charge in [-0.1, -0.05) is 30.3 Å². The molecule has 2 unspecified atom stereocenters. The molecule has 0 N–H and O–H groups in total. The van der Waals surface area contributed by atoms with Crippen LogP contribution in [-0.4, -0.2) is 38.0 Å².